The number of nitrogens with one attached hydrogen (secondary N) is 2. The molecule has 0 radical (unpaired) electrons. The number of carbonyl (C=O) groups excluding carboxylic acids is 1. The van der Waals surface area contributed by atoms with Gasteiger partial charge in [-0.15, -0.1) is 0 Å². The van der Waals surface area contributed by atoms with E-state index in [1.54, 1.807) is 37.5 Å². The lowest BCUT2D eigenvalue weighted by Crippen LogP contribution is -2.28. The van der Waals surface area contributed by atoms with Crippen molar-refractivity contribution in [2.45, 2.75) is 13.0 Å². The smallest absolute Gasteiger partial charge is 0.271 e. The van der Waals surface area contributed by atoms with E-state index in [2.05, 4.69) is 20.4 Å². The number of para-hydroxylation sites is 1. The maximum absolute atomic E-state index is 13.8. The highest BCUT2D eigenvalue weighted by Crippen LogP contribution is 2.16. The van der Waals surface area contributed by atoms with Crippen molar-refractivity contribution in [2.75, 3.05) is 0 Å². The standard InChI is InChI=1S/C16H14FN5O2/c1-10(21-16(24)13-7-19-15(23)8-18-13)11-6-20-22(9-11)14-5-3-2-4-12(14)17/h2-10H,1H3,(H,19,23)(H,21,24)/t10-/m0/s1. The normalized spacial score (nSPS) is 11.9. The molecule has 1 aromatic carbocycles. The fraction of sp³-hybridized carbons (Fsp3) is 0.125. The summed E-state index contributed by atoms with van der Waals surface area (Å²) in [6.45, 7) is 1.77. The number of rotatable bonds is 4. The Morgan fingerprint density at radius 3 is 2.83 bits per heavy atom. The number of nitrogens with zero attached hydrogens (tertiary/aromatic N) is 3. The second kappa shape index (κ2) is 6.45. The Morgan fingerprint density at radius 2 is 2.12 bits per heavy atom. The summed E-state index contributed by atoms with van der Waals surface area (Å²) in [6, 6.07) is 5.91. The Morgan fingerprint density at radius 1 is 1.33 bits per heavy atom. The maximum atomic E-state index is 13.8. The zero-order chi connectivity index (χ0) is 17.1. The highest BCUT2D eigenvalue weighted by atomic mass is 19.1. The van der Waals surface area contributed by atoms with Crippen LogP contribution in [0.5, 0.6) is 0 Å². The first kappa shape index (κ1) is 15.6. The summed E-state index contributed by atoms with van der Waals surface area (Å²) < 4.78 is 15.2. The maximum Gasteiger partial charge on any atom is 0.271 e. The van der Waals surface area contributed by atoms with Crippen LogP contribution in [0.4, 0.5) is 4.39 Å². The summed E-state index contributed by atoms with van der Waals surface area (Å²) in [6.07, 6.45) is 5.48. The van der Waals surface area contributed by atoms with Gasteiger partial charge in [0.05, 0.1) is 18.4 Å². The summed E-state index contributed by atoms with van der Waals surface area (Å²) in [5.74, 6) is -0.821. The average Bonchev–Trinajstić information content (AvgIpc) is 3.05. The van der Waals surface area contributed by atoms with E-state index in [0.29, 0.717) is 11.3 Å². The molecule has 1 amide bonds. The third-order valence-electron chi connectivity index (χ3n) is 3.45. The Kier molecular flexibility index (Phi) is 4.19. The van der Waals surface area contributed by atoms with Gasteiger partial charge in [0.25, 0.3) is 11.5 Å². The molecule has 7 nitrogen and oxygen atoms in total. The molecule has 2 N–H and O–H groups in total. The van der Waals surface area contributed by atoms with E-state index in [0.717, 1.165) is 6.20 Å². The molecule has 1 atom stereocenters. The number of carbonyl (C=O) groups is 1. The highest BCUT2D eigenvalue weighted by molar-refractivity contribution is 5.92. The van der Waals surface area contributed by atoms with E-state index < -0.39 is 5.91 Å². The van der Waals surface area contributed by atoms with Gasteiger partial charge in [-0.3, -0.25) is 9.59 Å². The molecule has 0 fully saturated rings. The van der Waals surface area contributed by atoms with Gasteiger partial charge in [0.15, 0.2) is 0 Å². The number of hydrogen-bond donors (Lipinski definition) is 2. The SMILES string of the molecule is C[C@H](NC(=O)c1c[nH]c(=O)cn1)c1cnn(-c2ccccc2F)c1. The van der Waals surface area contributed by atoms with Gasteiger partial charge in [-0.1, -0.05) is 12.1 Å². The van der Waals surface area contributed by atoms with E-state index in [9.17, 15) is 14.0 Å². The van der Waals surface area contributed by atoms with Crippen LogP contribution >= 0.6 is 0 Å². The average molecular weight is 327 g/mol. The second-order valence-corrected chi connectivity index (χ2v) is 5.16. The minimum atomic E-state index is -0.433. The predicted octanol–water partition coefficient (Wildman–Crippen LogP) is 1.59. The molecule has 0 bridgehead atoms. The van der Waals surface area contributed by atoms with Crippen molar-refractivity contribution in [3.63, 3.8) is 0 Å². The molecule has 0 spiro atoms. The minimum absolute atomic E-state index is 0.0999. The minimum Gasteiger partial charge on any atom is -0.344 e. The van der Waals surface area contributed by atoms with Gasteiger partial charge in [0.2, 0.25) is 0 Å². The molecule has 3 rings (SSSR count). The molecule has 3 aromatic rings. The molecule has 0 unspecified atom stereocenters. The first-order valence-electron chi connectivity index (χ1n) is 7.19. The van der Waals surface area contributed by atoms with Crippen molar-refractivity contribution in [2.24, 2.45) is 0 Å². The van der Waals surface area contributed by atoms with Crippen molar-refractivity contribution < 1.29 is 9.18 Å². The molecule has 0 aliphatic carbocycles. The fourth-order valence-electron chi connectivity index (χ4n) is 2.15. The van der Waals surface area contributed by atoms with Gasteiger partial charge in [-0.25, -0.2) is 14.1 Å². The quantitative estimate of drug-likeness (QED) is 0.761. The Balaban J connectivity index is 1.75. The molecule has 24 heavy (non-hydrogen) atoms. The van der Waals surface area contributed by atoms with Crippen molar-refractivity contribution in [3.8, 4) is 5.69 Å². The number of halogens is 1. The van der Waals surface area contributed by atoms with Crippen molar-refractivity contribution in [1.82, 2.24) is 25.1 Å². The van der Waals surface area contributed by atoms with Crippen molar-refractivity contribution >= 4 is 5.91 Å². The first-order chi connectivity index (χ1) is 11.5. The molecule has 2 aromatic heterocycles. The third kappa shape index (κ3) is 3.22. The molecule has 2 heterocycles. The van der Waals surface area contributed by atoms with E-state index in [1.807, 2.05) is 0 Å². The number of H-pyrrole nitrogens is 1. The molecule has 0 aliphatic heterocycles. The van der Waals surface area contributed by atoms with Crippen molar-refractivity contribution in [1.29, 1.82) is 0 Å². The zero-order valence-electron chi connectivity index (χ0n) is 12.7. The van der Waals surface area contributed by atoms with Crippen molar-refractivity contribution in [3.05, 3.63) is 76.5 Å². The number of amides is 1. The third-order valence-corrected chi connectivity index (χ3v) is 3.45. The lowest BCUT2D eigenvalue weighted by molar-refractivity contribution is 0.0934. The molecule has 0 aliphatic rings. The molecular weight excluding hydrogens is 313 g/mol. The van der Waals surface area contributed by atoms with E-state index in [4.69, 9.17) is 0 Å². The van der Waals surface area contributed by atoms with Gasteiger partial charge >= 0.3 is 0 Å². The Hall–Kier alpha value is -3.29. The fourth-order valence-corrected chi connectivity index (χ4v) is 2.15. The second-order valence-electron chi connectivity index (χ2n) is 5.16. The monoisotopic (exact) mass is 327 g/mol. The van der Waals surface area contributed by atoms with Crippen LogP contribution in [0.3, 0.4) is 0 Å². The molecule has 0 saturated carbocycles. The van der Waals surface area contributed by atoms with E-state index in [-0.39, 0.29) is 23.1 Å². The van der Waals surface area contributed by atoms with Crippen LogP contribution in [0.25, 0.3) is 5.69 Å². The van der Waals surface area contributed by atoms with E-state index in [1.165, 1.54) is 16.9 Å². The van der Waals surface area contributed by atoms with Gasteiger partial charge in [-0.2, -0.15) is 5.10 Å². The highest BCUT2D eigenvalue weighted by Gasteiger charge is 2.15. The summed E-state index contributed by atoms with van der Waals surface area (Å²) in [5, 5.41) is 6.86. The van der Waals surface area contributed by atoms with Crippen LogP contribution < -0.4 is 10.9 Å². The van der Waals surface area contributed by atoms with Gasteiger partial charge in [-0.05, 0) is 19.1 Å². The summed E-state index contributed by atoms with van der Waals surface area (Å²) in [4.78, 5) is 29.2. The summed E-state index contributed by atoms with van der Waals surface area (Å²) >= 11 is 0. The first-order valence-corrected chi connectivity index (χ1v) is 7.19. The largest absolute Gasteiger partial charge is 0.344 e. The summed E-state index contributed by atoms with van der Waals surface area (Å²) in [7, 11) is 0. The number of aromatic amines is 1. The van der Waals surface area contributed by atoms with Crippen LogP contribution in [-0.4, -0.2) is 25.7 Å². The van der Waals surface area contributed by atoms with Crippen LogP contribution in [0.15, 0.2) is 53.8 Å². The molecular formula is C16H14FN5O2. The van der Waals surface area contributed by atoms with Crippen LogP contribution in [0.1, 0.15) is 29.0 Å². The molecule has 122 valence electrons. The number of hydrogen-bond acceptors (Lipinski definition) is 4. The lowest BCUT2D eigenvalue weighted by atomic mass is 10.2. The molecule has 0 saturated heterocycles. The molecule has 8 heteroatoms. The number of aromatic nitrogens is 4. The number of benzene rings is 1. The van der Waals surface area contributed by atoms with Gasteiger partial charge in [0, 0.05) is 18.0 Å². The van der Waals surface area contributed by atoms with Gasteiger partial charge < -0.3 is 10.3 Å². The van der Waals surface area contributed by atoms with Crippen LogP contribution in [-0.2, 0) is 0 Å². The topological polar surface area (TPSA) is 92.7 Å². The zero-order valence-corrected chi connectivity index (χ0v) is 12.7. The van der Waals surface area contributed by atoms with Crippen LogP contribution in [0.2, 0.25) is 0 Å². The van der Waals surface area contributed by atoms with Gasteiger partial charge in [0.1, 0.15) is 17.2 Å². The van der Waals surface area contributed by atoms with E-state index >= 15 is 0 Å². The lowest BCUT2D eigenvalue weighted by Gasteiger charge is -2.11. The summed E-state index contributed by atoms with van der Waals surface area (Å²) in [5.41, 5.74) is 0.745. The predicted molar refractivity (Wildman–Crippen MR) is 84.3 cm³/mol. The van der Waals surface area contributed by atoms with Crippen LogP contribution in [0, 0.1) is 5.82 Å². The Labute approximate surface area is 136 Å². The Bertz CT molecular complexity index is 913.